The van der Waals surface area contributed by atoms with E-state index in [4.69, 9.17) is 11.6 Å². The number of hydrogen-bond acceptors (Lipinski definition) is 2. The van der Waals surface area contributed by atoms with Gasteiger partial charge in [-0.05, 0) is 55.3 Å². The second kappa shape index (κ2) is 3.55. The number of Topliss-reactive ketones (excluding diaryl/α,β-unsaturated/α-hetero) is 2. The topological polar surface area (TPSA) is 34.1 Å². The Bertz CT molecular complexity index is 654. The molecule has 0 aromatic heterocycles. The molecule has 0 aliphatic heterocycles. The number of halogens is 1. The predicted octanol–water partition coefficient (Wildman–Crippen LogP) is 3.77. The highest BCUT2D eigenvalue weighted by Gasteiger charge is 2.87. The van der Waals surface area contributed by atoms with E-state index in [2.05, 4.69) is 20.4 Å². The van der Waals surface area contributed by atoms with Crippen LogP contribution < -0.4 is 0 Å². The second-order valence-electron chi connectivity index (χ2n) is 9.00. The van der Waals surface area contributed by atoms with Crippen molar-refractivity contribution in [2.75, 3.05) is 0 Å². The molecule has 0 N–H and O–H groups in total. The number of carbonyl (C=O) groups is 2. The van der Waals surface area contributed by atoms with Crippen LogP contribution in [0.15, 0.2) is 12.2 Å². The molecule has 1 spiro atoms. The van der Waals surface area contributed by atoms with Gasteiger partial charge in [-0.1, -0.05) is 26.0 Å². The van der Waals surface area contributed by atoms with Gasteiger partial charge in [-0.3, -0.25) is 9.59 Å². The Morgan fingerprint density at radius 2 is 1.91 bits per heavy atom. The van der Waals surface area contributed by atoms with E-state index in [9.17, 15) is 9.59 Å². The van der Waals surface area contributed by atoms with Gasteiger partial charge in [-0.2, -0.15) is 0 Å². The Kier molecular flexibility index (Phi) is 2.23. The lowest BCUT2D eigenvalue weighted by molar-refractivity contribution is -0.166. The Balaban J connectivity index is 1.64. The van der Waals surface area contributed by atoms with Crippen molar-refractivity contribution in [1.82, 2.24) is 0 Å². The van der Waals surface area contributed by atoms with E-state index < -0.39 is 5.41 Å². The van der Waals surface area contributed by atoms with Crippen LogP contribution in [0.3, 0.4) is 0 Å². The molecule has 22 heavy (non-hydrogen) atoms. The summed E-state index contributed by atoms with van der Waals surface area (Å²) in [5, 5.41) is 0.0717. The maximum Gasteiger partial charge on any atom is 0.153 e. The number of alkyl halides is 1. The molecule has 6 aliphatic rings. The van der Waals surface area contributed by atoms with Crippen LogP contribution in [0.25, 0.3) is 0 Å². The van der Waals surface area contributed by atoms with Gasteiger partial charge in [-0.25, -0.2) is 0 Å². The molecule has 6 rings (SSSR count). The number of ketones is 2. The minimum Gasteiger partial charge on any atom is -0.298 e. The standard InChI is InChI=1S/C19H23ClO2/c1-9-10-4-7-19-13(17(10,2)6-5-12(9)20)8-11-14(15(19)21)18(11,3)16(19)22/h10-14H,1,4-8H2,2-3H3/t10-,11+,12+,13+,14?,17-,18+,19+/m1/s1. The fourth-order valence-corrected chi connectivity index (χ4v) is 7.65. The zero-order valence-corrected chi connectivity index (χ0v) is 14.1. The largest absolute Gasteiger partial charge is 0.298 e. The molecule has 0 radical (unpaired) electrons. The first-order chi connectivity index (χ1) is 10.3. The summed E-state index contributed by atoms with van der Waals surface area (Å²) in [6.07, 6.45) is 4.71. The minimum atomic E-state index is -0.640. The van der Waals surface area contributed by atoms with Crippen molar-refractivity contribution in [3.05, 3.63) is 12.2 Å². The highest BCUT2D eigenvalue weighted by atomic mass is 35.5. The number of carbonyl (C=O) groups excluding carboxylic acids is 2. The lowest BCUT2D eigenvalue weighted by Crippen LogP contribution is -2.61. The zero-order chi connectivity index (χ0) is 15.7. The summed E-state index contributed by atoms with van der Waals surface area (Å²) in [6, 6.07) is 0. The molecule has 0 amide bonds. The fourth-order valence-electron chi connectivity index (χ4n) is 7.39. The third kappa shape index (κ3) is 1.09. The van der Waals surface area contributed by atoms with Crippen LogP contribution in [0, 0.1) is 39.9 Å². The molecule has 6 aliphatic carbocycles. The molecule has 4 bridgehead atoms. The summed E-state index contributed by atoms with van der Waals surface area (Å²) in [6.45, 7) is 8.64. The highest BCUT2D eigenvalue weighted by Crippen LogP contribution is 2.81. The number of fused-ring (bicyclic) bond motifs is 1. The molecule has 1 unspecified atom stereocenters. The van der Waals surface area contributed by atoms with Crippen LogP contribution in [0.4, 0.5) is 0 Å². The van der Waals surface area contributed by atoms with Crippen molar-refractivity contribution in [3.8, 4) is 0 Å². The summed E-state index contributed by atoms with van der Waals surface area (Å²) in [5.74, 6) is 1.62. The fraction of sp³-hybridized carbons (Fsp3) is 0.789. The van der Waals surface area contributed by atoms with Gasteiger partial charge in [0, 0.05) is 11.3 Å². The van der Waals surface area contributed by atoms with Gasteiger partial charge in [-0.15, -0.1) is 11.6 Å². The first-order valence-corrected chi connectivity index (χ1v) is 9.15. The van der Waals surface area contributed by atoms with E-state index in [1.807, 2.05) is 0 Å². The van der Waals surface area contributed by atoms with Crippen molar-refractivity contribution in [2.24, 2.45) is 39.9 Å². The Labute approximate surface area is 136 Å². The van der Waals surface area contributed by atoms with Crippen molar-refractivity contribution in [3.63, 3.8) is 0 Å². The lowest BCUT2D eigenvalue weighted by Gasteiger charge is -2.60. The molecule has 2 nitrogen and oxygen atoms in total. The lowest BCUT2D eigenvalue weighted by atomic mass is 9.42. The Morgan fingerprint density at radius 1 is 1.18 bits per heavy atom. The minimum absolute atomic E-state index is 0.0426. The van der Waals surface area contributed by atoms with Gasteiger partial charge in [0.05, 0.1) is 10.8 Å². The van der Waals surface area contributed by atoms with Crippen molar-refractivity contribution < 1.29 is 9.59 Å². The SMILES string of the molecule is C=C1[C@H]2CC[C@@]34C(=O)C5[C@H](C[C@H]3[C@]2(C)CC[C@@H]1Cl)[C@]5(C)C4=O. The highest BCUT2D eigenvalue weighted by molar-refractivity contribution is 6.23. The number of allylic oxidation sites excluding steroid dienone is 1. The van der Waals surface area contributed by atoms with Gasteiger partial charge in [0.15, 0.2) is 11.6 Å². The maximum atomic E-state index is 13.2. The number of rotatable bonds is 0. The third-order valence-corrected chi connectivity index (χ3v) is 9.11. The quantitative estimate of drug-likeness (QED) is 0.387. The summed E-state index contributed by atoms with van der Waals surface area (Å²) in [5.41, 5.74) is 0.266. The number of hydrogen-bond donors (Lipinski definition) is 0. The van der Waals surface area contributed by atoms with Crippen LogP contribution in [-0.4, -0.2) is 16.9 Å². The molecule has 118 valence electrons. The normalized spacial score (nSPS) is 61.8. The van der Waals surface area contributed by atoms with Crippen LogP contribution in [0.5, 0.6) is 0 Å². The molecular weight excluding hydrogens is 296 g/mol. The van der Waals surface area contributed by atoms with Gasteiger partial charge in [0.1, 0.15) is 0 Å². The molecule has 8 atom stereocenters. The maximum absolute atomic E-state index is 13.2. The monoisotopic (exact) mass is 318 g/mol. The van der Waals surface area contributed by atoms with E-state index in [1.54, 1.807) is 0 Å². The average molecular weight is 319 g/mol. The van der Waals surface area contributed by atoms with Gasteiger partial charge in [0.25, 0.3) is 0 Å². The molecular formula is C19H23ClO2. The zero-order valence-electron chi connectivity index (χ0n) is 13.3. The first kappa shape index (κ1) is 13.8. The van der Waals surface area contributed by atoms with Crippen LogP contribution in [0.1, 0.15) is 46.0 Å². The summed E-state index contributed by atoms with van der Waals surface area (Å²) >= 11 is 6.45. The Hall–Kier alpha value is -0.630. The second-order valence-corrected chi connectivity index (χ2v) is 9.52. The van der Waals surface area contributed by atoms with Crippen LogP contribution in [-0.2, 0) is 9.59 Å². The van der Waals surface area contributed by atoms with Crippen LogP contribution in [0.2, 0.25) is 0 Å². The van der Waals surface area contributed by atoms with E-state index in [1.165, 1.54) is 0 Å². The molecule has 0 aromatic carbocycles. The van der Waals surface area contributed by atoms with Crippen molar-refractivity contribution in [2.45, 2.75) is 51.3 Å². The molecule has 0 heterocycles. The van der Waals surface area contributed by atoms with E-state index >= 15 is 0 Å². The molecule has 0 aromatic rings. The summed E-state index contributed by atoms with van der Waals surface area (Å²) in [4.78, 5) is 26.3. The summed E-state index contributed by atoms with van der Waals surface area (Å²) in [7, 11) is 0. The molecule has 6 saturated carbocycles. The van der Waals surface area contributed by atoms with Gasteiger partial charge < -0.3 is 0 Å². The van der Waals surface area contributed by atoms with E-state index in [0.29, 0.717) is 23.4 Å². The first-order valence-electron chi connectivity index (χ1n) is 8.71. The smallest absolute Gasteiger partial charge is 0.153 e. The molecule has 0 saturated heterocycles. The van der Waals surface area contributed by atoms with Gasteiger partial charge in [0.2, 0.25) is 0 Å². The summed E-state index contributed by atoms with van der Waals surface area (Å²) < 4.78 is 0. The molecule has 6 fully saturated rings. The third-order valence-electron chi connectivity index (χ3n) is 8.62. The average Bonchev–Trinajstić information content (AvgIpc) is 3.07. The predicted molar refractivity (Wildman–Crippen MR) is 84.5 cm³/mol. The van der Waals surface area contributed by atoms with Gasteiger partial charge >= 0.3 is 0 Å². The Morgan fingerprint density at radius 3 is 2.55 bits per heavy atom. The van der Waals surface area contributed by atoms with Crippen LogP contribution >= 0.6 is 11.6 Å². The molecule has 3 heteroatoms. The van der Waals surface area contributed by atoms with Crippen molar-refractivity contribution >= 4 is 23.2 Å². The van der Waals surface area contributed by atoms with Crippen molar-refractivity contribution in [1.29, 1.82) is 0 Å². The van der Waals surface area contributed by atoms with E-state index in [0.717, 1.165) is 37.7 Å². The van der Waals surface area contributed by atoms with E-state index in [-0.39, 0.29) is 28.0 Å².